The van der Waals surface area contributed by atoms with Crippen molar-refractivity contribution in [3.05, 3.63) is 75.8 Å². The summed E-state index contributed by atoms with van der Waals surface area (Å²) in [6.07, 6.45) is 3.27. The molecule has 1 fully saturated rings. The molecular weight excluding hydrogens is 354 g/mol. The minimum absolute atomic E-state index is 0.185. The van der Waals surface area contributed by atoms with Gasteiger partial charge in [0, 0.05) is 6.04 Å². The van der Waals surface area contributed by atoms with E-state index < -0.39 is 5.97 Å². The van der Waals surface area contributed by atoms with Crippen LogP contribution in [-0.4, -0.2) is 40.5 Å². The normalized spacial score (nSPS) is 17.1. The van der Waals surface area contributed by atoms with Crippen LogP contribution in [0, 0.1) is 0 Å². The van der Waals surface area contributed by atoms with Gasteiger partial charge in [0.1, 0.15) is 5.82 Å². The molecule has 28 heavy (non-hydrogen) atoms. The molecule has 1 aromatic heterocycles. The number of hydrogen-bond acceptors (Lipinski definition) is 5. The average molecular weight is 377 g/mol. The first-order chi connectivity index (χ1) is 13.6. The van der Waals surface area contributed by atoms with Gasteiger partial charge in [-0.15, -0.1) is 0 Å². The van der Waals surface area contributed by atoms with Gasteiger partial charge < -0.3 is 9.72 Å². The fourth-order valence-electron chi connectivity index (χ4n) is 3.92. The molecule has 1 aliphatic heterocycles. The number of esters is 1. The first kappa shape index (κ1) is 18.4. The molecule has 1 N–H and O–H groups in total. The molecule has 0 saturated carbocycles. The van der Waals surface area contributed by atoms with E-state index in [0.29, 0.717) is 34.9 Å². The molecule has 0 aliphatic carbocycles. The molecular formula is C22H23N3O3. The second-order valence-electron chi connectivity index (χ2n) is 7.19. The van der Waals surface area contributed by atoms with Crippen molar-refractivity contribution >= 4 is 16.9 Å². The summed E-state index contributed by atoms with van der Waals surface area (Å²) in [4.78, 5) is 34.1. The van der Waals surface area contributed by atoms with Crippen molar-refractivity contribution in [1.82, 2.24) is 14.9 Å². The minimum atomic E-state index is -0.437. The zero-order chi connectivity index (χ0) is 19.5. The monoisotopic (exact) mass is 377 g/mol. The maximum atomic E-state index is 12.5. The van der Waals surface area contributed by atoms with E-state index in [1.807, 2.05) is 6.07 Å². The van der Waals surface area contributed by atoms with Crippen molar-refractivity contribution in [2.45, 2.75) is 31.8 Å². The fraction of sp³-hybridized carbons (Fsp3) is 0.318. The molecule has 6 nitrogen and oxygen atoms in total. The lowest BCUT2D eigenvalue weighted by molar-refractivity contribution is 0.0601. The van der Waals surface area contributed by atoms with Gasteiger partial charge in [0.2, 0.25) is 0 Å². The van der Waals surface area contributed by atoms with Gasteiger partial charge in [-0.25, -0.2) is 9.78 Å². The minimum Gasteiger partial charge on any atom is -0.465 e. The largest absolute Gasteiger partial charge is 0.465 e. The zero-order valence-electron chi connectivity index (χ0n) is 15.9. The molecule has 1 aliphatic rings. The lowest BCUT2D eigenvalue weighted by atomic mass is 10.0. The molecule has 0 amide bonds. The number of methoxy groups -OCH3 is 1. The summed E-state index contributed by atoms with van der Waals surface area (Å²) in [5.74, 6) is 0.187. The Morgan fingerprint density at radius 1 is 1.25 bits per heavy atom. The highest BCUT2D eigenvalue weighted by atomic mass is 16.5. The van der Waals surface area contributed by atoms with E-state index in [-0.39, 0.29) is 5.56 Å². The van der Waals surface area contributed by atoms with Crippen LogP contribution in [0.15, 0.2) is 53.3 Å². The molecule has 4 rings (SSSR count). The van der Waals surface area contributed by atoms with Gasteiger partial charge in [-0.05, 0) is 49.6 Å². The second-order valence-corrected chi connectivity index (χ2v) is 7.19. The van der Waals surface area contributed by atoms with Crippen LogP contribution in [0.5, 0.6) is 0 Å². The molecule has 1 atom stereocenters. The Kier molecular flexibility index (Phi) is 5.21. The van der Waals surface area contributed by atoms with E-state index in [1.54, 1.807) is 18.2 Å². The Hall–Kier alpha value is -2.99. The molecule has 0 radical (unpaired) electrons. The van der Waals surface area contributed by atoms with Crippen molar-refractivity contribution in [3.63, 3.8) is 0 Å². The number of aromatic nitrogens is 2. The number of nitrogens with zero attached hydrogens (tertiary/aromatic N) is 2. The predicted molar refractivity (Wildman–Crippen MR) is 107 cm³/mol. The van der Waals surface area contributed by atoms with Gasteiger partial charge in [0.05, 0.1) is 30.1 Å². The van der Waals surface area contributed by atoms with Crippen molar-refractivity contribution in [3.8, 4) is 0 Å². The molecule has 144 valence electrons. The highest BCUT2D eigenvalue weighted by Crippen LogP contribution is 2.23. The van der Waals surface area contributed by atoms with Crippen LogP contribution in [0.4, 0.5) is 0 Å². The number of ether oxygens (including phenoxy) is 1. The van der Waals surface area contributed by atoms with E-state index in [2.05, 4.69) is 39.1 Å². The fourth-order valence-corrected chi connectivity index (χ4v) is 3.92. The first-order valence-electron chi connectivity index (χ1n) is 9.53. The molecule has 0 spiro atoms. The van der Waals surface area contributed by atoms with Crippen molar-refractivity contribution in [2.75, 3.05) is 13.7 Å². The Morgan fingerprint density at radius 2 is 2.07 bits per heavy atom. The summed E-state index contributed by atoms with van der Waals surface area (Å²) in [6.45, 7) is 1.58. The standard InChI is InChI=1S/C22H23N3O3/c1-28-22(27)16-9-10-18-19(13-16)23-20(24-21(18)26)14-25-11-5-8-17(25)12-15-6-3-2-4-7-15/h2-4,6-7,9-10,13,17H,5,8,11-12,14H2,1H3,(H,23,24,26)/t17-/m0/s1. The van der Waals surface area contributed by atoms with Gasteiger partial charge in [-0.2, -0.15) is 0 Å². The zero-order valence-corrected chi connectivity index (χ0v) is 15.9. The number of hydrogen-bond donors (Lipinski definition) is 1. The number of rotatable bonds is 5. The molecule has 3 aromatic rings. The van der Waals surface area contributed by atoms with Gasteiger partial charge >= 0.3 is 5.97 Å². The molecule has 2 aromatic carbocycles. The number of carbonyl (C=O) groups is 1. The smallest absolute Gasteiger partial charge is 0.337 e. The maximum Gasteiger partial charge on any atom is 0.337 e. The van der Waals surface area contributed by atoms with Crippen LogP contribution in [0.2, 0.25) is 0 Å². The van der Waals surface area contributed by atoms with E-state index in [9.17, 15) is 9.59 Å². The number of H-pyrrole nitrogens is 1. The molecule has 1 saturated heterocycles. The van der Waals surface area contributed by atoms with E-state index in [4.69, 9.17) is 4.74 Å². The third-order valence-electron chi connectivity index (χ3n) is 5.34. The highest BCUT2D eigenvalue weighted by Gasteiger charge is 2.25. The number of carbonyl (C=O) groups excluding carboxylic acids is 1. The van der Waals surface area contributed by atoms with Gasteiger partial charge in [0.15, 0.2) is 0 Å². The first-order valence-corrected chi connectivity index (χ1v) is 9.53. The van der Waals surface area contributed by atoms with Crippen LogP contribution in [-0.2, 0) is 17.7 Å². The third kappa shape index (κ3) is 3.82. The maximum absolute atomic E-state index is 12.5. The number of benzene rings is 2. The quantitative estimate of drug-likeness (QED) is 0.692. The lowest BCUT2D eigenvalue weighted by Crippen LogP contribution is -2.32. The topological polar surface area (TPSA) is 75.3 Å². The van der Waals surface area contributed by atoms with E-state index in [1.165, 1.54) is 12.7 Å². The number of fused-ring (bicyclic) bond motifs is 1. The lowest BCUT2D eigenvalue weighted by Gasteiger charge is -2.24. The summed E-state index contributed by atoms with van der Waals surface area (Å²) in [6, 6.07) is 15.7. The number of aromatic amines is 1. The summed E-state index contributed by atoms with van der Waals surface area (Å²) in [5.41, 5.74) is 2.04. The number of likely N-dealkylation sites (tertiary alicyclic amines) is 1. The molecule has 6 heteroatoms. The van der Waals surface area contributed by atoms with Gasteiger partial charge in [-0.3, -0.25) is 9.69 Å². The highest BCUT2D eigenvalue weighted by molar-refractivity contribution is 5.93. The summed E-state index contributed by atoms with van der Waals surface area (Å²) in [5, 5.41) is 0.471. The van der Waals surface area contributed by atoms with Crippen LogP contribution < -0.4 is 5.56 Å². The molecule has 0 bridgehead atoms. The van der Waals surface area contributed by atoms with Crippen molar-refractivity contribution < 1.29 is 9.53 Å². The van der Waals surface area contributed by atoms with Gasteiger partial charge in [0.25, 0.3) is 5.56 Å². The van der Waals surface area contributed by atoms with Crippen LogP contribution in [0.1, 0.15) is 34.6 Å². The Balaban J connectivity index is 1.58. The Bertz CT molecular complexity index is 1050. The summed E-state index contributed by atoms with van der Waals surface area (Å²) >= 11 is 0. The number of nitrogens with one attached hydrogen (secondary N) is 1. The van der Waals surface area contributed by atoms with E-state index >= 15 is 0 Å². The van der Waals surface area contributed by atoms with Crippen LogP contribution in [0.3, 0.4) is 0 Å². The Morgan fingerprint density at radius 3 is 2.86 bits per heavy atom. The van der Waals surface area contributed by atoms with E-state index in [0.717, 1.165) is 25.8 Å². The van der Waals surface area contributed by atoms with Crippen molar-refractivity contribution in [2.24, 2.45) is 0 Å². The third-order valence-corrected chi connectivity index (χ3v) is 5.34. The SMILES string of the molecule is COC(=O)c1ccc2c(=O)[nH]c(CN3CCC[C@H]3Cc3ccccc3)nc2c1. The van der Waals surface area contributed by atoms with Crippen LogP contribution >= 0.6 is 0 Å². The molecule has 0 unspecified atom stereocenters. The van der Waals surface area contributed by atoms with Crippen LogP contribution in [0.25, 0.3) is 10.9 Å². The molecule has 2 heterocycles. The predicted octanol–water partition coefficient (Wildman–Crippen LogP) is 2.92. The van der Waals surface area contributed by atoms with Crippen molar-refractivity contribution in [1.29, 1.82) is 0 Å². The summed E-state index contributed by atoms with van der Waals surface area (Å²) < 4.78 is 4.76. The average Bonchev–Trinajstić information content (AvgIpc) is 3.14. The second kappa shape index (κ2) is 7.94. The van der Waals surface area contributed by atoms with Gasteiger partial charge in [-0.1, -0.05) is 30.3 Å². The summed E-state index contributed by atoms with van der Waals surface area (Å²) in [7, 11) is 1.34. The Labute approximate surface area is 163 Å².